The number of rotatable bonds is 4. The number of H-pyrrole nitrogens is 1. The molecule has 1 fully saturated rings. The number of hydrogen-bond donors (Lipinski definition) is 1. The summed E-state index contributed by atoms with van der Waals surface area (Å²) in [5, 5.41) is 4.88. The van der Waals surface area contributed by atoms with Gasteiger partial charge in [-0.3, -0.25) is 19.0 Å². The number of aromatic amines is 1. The molecule has 1 aliphatic carbocycles. The maximum absolute atomic E-state index is 12.8. The molecule has 4 rings (SSSR count). The second-order valence-corrected chi connectivity index (χ2v) is 6.48. The van der Waals surface area contributed by atoms with E-state index in [-0.39, 0.29) is 12.1 Å². The second-order valence-electron chi connectivity index (χ2n) is 6.48. The van der Waals surface area contributed by atoms with Crippen molar-refractivity contribution in [2.45, 2.75) is 38.3 Å². The van der Waals surface area contributed by atoms with Crippen LogP contribution >= 0.6 is 0 Å². The molecular weight excluding hydrogens is 320 g/mol. The Bertz CT molecular complexity index is 1010. The molecule has 2 heterocycles. The Morgan fingerprint density at radius 1 is 1.20 bits per heavy atom. The summed E-state index contributed by atoms with van der Waals surface area (Å²) in [5.41, 5.74) is 0.479. The molecule has 0 saturated heterocycles. The third-order valence-corrected chi connectivity index (χ3v) is 4.88. The average molecular weight is 340 g/mol. The van der Waals surface area contributed by atoms with E-state index in [1.54, 1.807) is 13.3 Å². The molecule has 7 nitrogen and oxygen atoms in total. The Labute approximate surface area is 143 Å². The van der Waals surface area contributed by atoms with Crippen LogP contribution in [-0.4, -0.2) is 26.4 Å². The van der Waals surface area contributed by atoms with Gasteiger partial charge in [0.25, 0.3) is 5.56 Å². The van der Waals surface area contributed by atoms with Crippen LogP contribution in [0.1, 0.15) is 37.3 Å². The van der Waals surface area contributed by atoms with Gasteiger partial charge in [-0.1, -0.05) is 25.0 Å². The number of benzene rings is 1. The lowest BCUT2D eigenvalue weighted by atomic mass is 10.2. The predicted molar refractivity (Wildman–Crippen MR) is 94.2 cm³/mol. The van der Waals surface area contributed by atoms with Crippen molar-refractivity contribution in [2.75, 3.05) is 7.11 Å². The van der Waals surface area contributed by atoms with Crippen LogP contribution in [0.15, 0.2) is 40.1 Å². The molecule has 130 valence electrons. The van der Waals surface area contributed by atoms with E-state index in [1.807, 2.05) is 28.9 Å². The number of aromatic nitrogens is 4. The number of methoxy groups -OCH3 is 1. The van der Waals surface area contributed by atoms with Crippen LogP contribution in [0.25, 0.3) is 11.0 Å². The number of nitrogens with zero attached hydrogens (tertiary/aromatic N) is 3. The van der Waals surface area contributed by atoms with Gasteiger partial charge in [-0.15, -0.1) is 0 Å². The van der Waals surface area contributed by atoms with Crippen molar-refractivity contribution in [2.24, 2.45) is 0 Å². The molecule has 3 aromatic rings. The molecule has 1 aliphatic rings. The largest absolute Gasteiger partial charge is 0.497 e. The maximum atomic E-state index is 12.8. The van der Waals surface area contributed by atoms with Gasteiger partial charge in [0, 0.05) is 6.20 Å². The van der Waals surface area contributed by atoms with Gasteiger partial charge in [-0.25, -0.2) is 4.79 Å². The Hall–Kier alpha value is -2.83. The van der Waals surface area contributed by atoms with Gasteiger partial charge in [0.1, 0.15) is 11.1 Å². The molecule has 25 heavy (non-hydrogen) atoms. The lowest BCUT2D eigenvalue weighted by molar-refractivity contribution is 0.414. The first-order valence-electron chi connectivity index (χ1n) is 8.50. The average Bonchev–Trinajstić information content (AvgIpc) is 3.28. The molecular formula is C18H20N4O3. The summed E-state index contributed by atoms with van der Waals surface area (Å²) < 4.78 is 8.18. The van der Waals surface area contributed by atoms with E-state index in [0.29, 0.717) is 17.1 Å². The predicted octanol–water partition coefficient (Wildman–Crippen LogP) is 2.06. The summed E-state index contributed by atoms with van der Waals surface area (Å²) in [6.07, 6.45) is 6.27. The molecule has 1 N–H and O–H groups in total. The molecule has 0 spiro atoms. The molecule has 1 aromatic carbocycles. The Morgan fingerprint density at radius 2 is 1.92 bits per heavy atom. The molecule has 7 heteroatoms. The van der Waals surface area contributed by atoms with Crippen molar-refractivity contribution in [3.8, 4) is 5.75 Å². The number of hydrogen-bond acceptors (Lipinski definition) is 4. The first-order valence-corrected chi connectivity index (χ1v) is 8.50. The zero-order valence-corrected chi connectivity index (χ0v) is 14.1. The van der Waals surface area contributed by atoms with Crippen LogP contribution in [0, 0.1) is 0 Å². The summed E-state index contributed by atoms with van der Waals surface area (Å²) in [6.45, 7) is 0.211. The van der Waals surface area contributed by atoms with Crippen LogP contribution in [0.2, 0.25) is 0 Å². The van der Waals surface area contributed by atoms with Crippen molar-refractivity contribution in [1.29, 1.82) is 0 Å². The van der Waals surface area contributed by atoms with E-state index in [2.05, 4.69) is 10.1 Å². The maximum Gasteiger partial charge on any atom is 0.330 e. The fourth-order valence-electron chi connectivity index (χ4n) is 3.46. The molecule has 0 bridgehead atoms. The smallest absolute Gasteiger partial charge is 0.330 e. The van der Waals surface area contributed by atoms with E-state index in [4.69, 9.17) is 4.74 Å². The highest BCUT2D eigenvalue weighted by Crippen LogP contribution is 2.29. The lowest BCUT2D eigenvalue weighted by Crippen LogP contribution is -2.35. The van der Waals surface area contributed by atoms with Crippen LogP contribution in [0.3, 0.4) is 0 Å². The van der Waals surface area contributed by atoms with Crippen LogP contribution in [0.4, 0.5) is 0 Å². The van der Waals surface area contributed by atoms with E-state index < -0.39 is 5.69 Å². The highest BCUT2D eigenvalue weighted by atomic mass is 16.5. The minimum atomic E-state index is -0.440. The van der Waals surface area contributed by atoms with Crippen LogP contribution in [-0.2, 0) is 6.54 Å². The second kappa shape index (κ2) is 6.23. The molecule has 0 aliphatic heterocycles. The highest BCUT2D eigenvalue weighted by Gasteiger charge is 2.20. The zero-order chi connectivity index (χ0) is 17.4. The van der Waals surface area contributed by atoms with Gasteiger partial charge < -0.3 is 4.74 Å². The summed E-state index contributed by atoms with van der Waals surface area (Å²) in [7, 11) is 1.60. The van der Waals surface area contributed by atoms with E-state index in [1.165, 1.54) is 17.4 Å². The van der Waals surface area contributed by atoms with Gasteiger partial charge in [0.05, 0.1) is 19.7 Å². The number of ether oxygens (including phenoxy) is 1. The Balaban J connectivity index is 1.73. The summed E-state index contributed by atoms with van der Waals surface area (Å²) in [4.78, 5) is 27.9. The van der Waals surface area contributed by atoms with Crippen molar-refractivity contribution in [3.05, 3.63) is 56.9 Å². The summed E-state index contributed by atoms with van der Waals surface area (Å²) in [6, 6.07) is 7.63. The quantitative estimate of drug-likeness (QED) is 0.788. The van der Waals surface area contributed by atoms with Gasteiger partial charge in [0.15, 0.2) is 5.65 Å². The van der Waals surface area contributed by atoms with E-state index in [0.717, 1.165) is 24.2 Å². The van der Waals surface area contributed by atoms with Crippen LogP contribution < -0.4 is 16.0 Å². The third-order valence-electron chi connectivity index (χ3n) is 4.88. The van der Waals surface area contributed by atoms with E-state index >= 15 is 0 Å². The number of fused-ring (bicyclic) bond motifs is 1. The Morgan fingerprint density at radius 3 is 2.60 bits per heavy atom. The van der Waals surface area contributed by atoms with Gasteiger partial charge in [-0.2, -0.15) is 5.10 Å². The van der Waals surface area contributed by atoms with Gasteiger partial charge >= 0.3 is 5.69 Å². The van der Waals surface area contributed by atoms with E-state index in [9.17, 15) is 9.59 Å². The third kappa shape index (κ3) is 2.86. The SMILES string of the molecule is COc1ccc(Cn2c(=O)[nH]c3nn(C4CCCC4)cc3c2=O)cc1. The van der Waals surface area contributed by atoms with Crippen molar-refractivity contribution < 1.29 is 4.74 Å². The standard InChI is InChI=1S/C18H20N4O3/c1-25-14-8-6-12(7-9-14)10-21-17(23)15-11-22(13-4-2-3-5-13)20-16(15)19-18(21)24/h6-9,11,13H,2-5,10H2,1H3,(H,19,20,24). The molecule has 1 saturated carbocycles. The molecule has 2 aromatic heterocycles. The normalized spacial score (nSPS) is 15.1. The molecule has 0 amide bonds. The lowest BCUT2D eigenvalue weighted by Gasteiger charge is -2.07. The van der Waals surface area contributed by atoms with Crippen molar-refractivity contribution in [1.82, 2.24) is 19.3 Å². The van der Waals surface area contributed by atoms with Gasteiger partial charge in [-0.05, 0) is 30.5 Å². The summed E-state index contributed by atoms with van der Waals surface area (Å²) in [5.74, 6) is 0.735. The van der Waals surface area contributed by atoms with Crippen molar-refractivity contribution in [3.63, 3.8) is 0 Å². The first-order chi connectivity index (χ1) is 12.2. The number of nitrogens with one attached hydrogen (secondary N) is 1. The molecule has 0 atom stereocenters. The van der Waals surface area contributed by atoms with Gasteiger partial charge in [0.2, 0.25) is 0 Å². The highest BCUT2D eigenvalue weighted by molar-refractivity contribution is 5.72. The Kier molecular flexibility index (Phi) is 3.91. The van der Waals surface area contributed by atoms with Crippen LogP contribution in [0.5, 0.6) is 5.75 Å². The fraction of sp³-hybridized carbons (Fsp3) is 0.389. The molecule has 0 radical (unpaired) electrons. The first kappa shape index (κ1) is 15.7. The summed E-state index contributed by atoms with van der Waals surface area (Å²) >= 11 is 0. The minimum absolute atomic E-state index is 0.211. The monoisotopic (exact) mass is 340 g/mol. The minimum Gasteiger partial charge on any atom is -0.497 e. The van der Waals surface area contributed by atoms with Crippen molar-refractivity contribution >= 4 is 11.0 Å². The molecule has 0 unspecified atom stereocenters. The zero-order valence-electron chi connectivity index (χ0n) is 14.1. The fourth-order valence-corrected chi connectivity index (χ4v) is 3.46. The topological polar surface area (TPSA) is 81.9 Å².